The predicted octanol–water partition coefficient (Wildman–Crippen LogP) is 4.01. The molecule has 4 nitrogen and oxygen atoms in total. The Morgan fingerprint density at radius 3 is 2.39 bits per heavy atom. The lowest BCUT2D eigenvalue weighted by molar-refractivity contribution is 0.0601. The van der Waals surface area contributed by atoms with Gasteiger partial charge in [0.05, 0.1) is 19.8 Å². The van der Waals surface area contributed by atoms with Crippen LogP contribution in [0, 0.1) is 0 Å². The second kappa shape index (κ2) is 6.01. The molecule has 3 aromatic rings. The predicted molar refractivity (Wildman–Crippen MR) is 88.9 cm³/mol. The zero-order chi connectivity index (χ0) is 16.4. The number of hydrogen-bond acceptors (Lipinski definition) is 4. The third-order valence-electron chi connectivity index (χ3n) is 3.78. The van der Waals surface area contributed by atoms with E-state index in [4.69, 9.17) is 9.47 Å². The highest BCUT2D eigenvalue weighted by atomic mass is 16.5. The molecule has 0 spiro atoms. The number of ether oxygens (including phenoxy) is 2. The highest BCUT2D eigenvalue weighted by Gasteiger charge is 2.11. The van der Waals surface area contributed by atoms with Crippen LogP contribution in [0.4, 0.5) is 0 Å². The number of rotatable bonds is 3. The van der Waals surface area contributed by atoms with E-state index >= 15 is 0 Å². The minimum Gasteiger partial charge on any atom is -0.507 e. The lowest BCUT2D eigenvalue weighted by atomic mass is 9.98. The Morgan fingerprint density at radius 2 is 1.65 bits per heavy atom. The van der Waals surface area contributed by atoms with Crippen LogP contribution < -0.4 is 4.74 Å². The molecule has 0 saturated heterocycles. The number of hydrogen-bond donors (Lipinski definition) is 1. The molecule has 0 amide bonds. The van der Waals surface area contributed by atoms with E-state index in [-0.39, 0.29) is 5.75 Å². The third-order valence-corrected chi connectivity index (χ3v) is 3.78. The summed E-state index contributed by atoms with van der Waals surface area (Å²) in [5.74, 6) is 0.475. The molecule has 0 radical (unpaired) electrons. The van der Waals surface area contributed by atoms with Gasteiger partial charge in [0.1, 0.15) is 11.5 Å². The Balaban J connectivity index is 2.11. The molecule has 0 unspecified atom stereocenters. The van der Waals surface area contributed by atoms with Crippen LogP contribution in [-0.2, 0) is 4.74 Å². The Bertz CT molecular complexity index is 884. The van der Waals surface area contributed by atoms with Crippen molar-refractivity contribution in [2.24, 2.45) is 0 Å². The van der Waals surface area contributed by atoms with E-state index in [0.717, 1.165) is 22.1 Å². The summed E-state index contributed by atoms with van der Waals surface area (Å²) in [5.41, 5.74) is 1.81. The quantitative estimate of drug-likeness (QED) is 0.743. The molecule has 116 valence electrons. The fourth-order valence-electron chi connectivity index (χ4n) is 2.53. The lowest BCUT2D eigenvalue weighted by Crippen LogP contribution is -2.00. The molecule has 0 heterocycles. The molecule has 0 saturated carbocycles. The Morgan fingerprint density at radius 1 is 0.913 bits per heavy atom. The van der Waals surface area contributed by atoms with Crippen LogP contribution in [0.3, 0.4) is 0 Å². The van der Waals surface area contributed by atoms with Crippen molar-refractivity contribution in [1.29, 1.82) is 0 Å². The van der Waals surface area contributed by atoms with Crippen molar-refractivity contribution in [1.82, 2.24) is 0 Å². The number of carbonyl (C=O) groups is 1. The number of benzene rings is 3. The van der Waals surface area contributed by atoms with E-state index in [1.807, 2.05) is 36.4 Å². The van der Waals surface area contributed by atoms with Crippen molar-refractivity contribution in [3.05, 3.63) is 60.2 Å². The average Bonchev–Trinajstić information content (AvgIpc) is 2.60. The average molecular weight is 308 g/mol. The first-order valence-electron chi connectivity index (χ1n) is 7.12. The first kappa shape index (κ1) is 14.9. The number of aromatic hydroxyl groups is 1. The van der Waals surface area contributed by atoms with Crippen LogP contribution in [0.15, 0.2) is 54.6 Å². The summed E-state index contributed by atoms with van der Waals surface area (Å²) in [6, 6.07) is 16.3. The van der Waals surface area contributed by atoms with Gasteiger partial charge >= 0.3 is 5.97 Å². The standard InChI is InChI=1S/C19H16O4/c1-22-16-7-5-12-9-14(4-3-13(12)10-16)17-11-15(19(21)23-2)6-8-18(17)20/h3-11,20H,1-2H3. The monoisotopic (exact) mass is 308 g/mol. The number of carbonyl (C=O) groups excluding carboxylic acids is 1. The Kier molecular flexibility index (Phi) is 3.89. The van der Waals surface area contributed by atoms with Gasteiger partial charge in [-0.25, -0.2) is 4.79 Å². The van der Waals surface area contributed by atoms with Gasteiger partial charge in [-0.2, -0.15) is 0 Å². The lowest BCUT2D eigenvalue weighted by Gasteiger charge is -2.09. The molecule has 0 fully saturated rings. The van der Waals surface area contributed by atoms with E-state index in [9.17, 15) is 9.90 Å². The van der Waals surface area contributed by atoms with Crippen LogP contribution in [0.1, 0.15) is 10.4 Å². The summed E-state index contributed by atoms with van der Waals surface area (Å²) in [5, 5.41) is 12.2. The SMILES string of the molecule is COC(=O)c1ccc(O)c(-c2ccc3cc(OC)ccc3c2)c1. The van der Waals surface area contributed by atoms with Gasteiger partial charge in [-0.3, -0.25) is 0 Å². The van der Waals surface area contributed by atoms with Crippen LogP contribution >= 0.6 is 0 Å². The zero-order valence-corrected chi connectivity index (χ0v) is 12.9. The second-order valence-electron chi connectivity index (χ2n) is 5.15. The van der Waals surface area contributed by atoms with Crippen LogP contribution in [0.25, 0.3) is 21.9 Å². The number of esters is 1. The van der Waals surface area contributed by atoms with E-state index in [1.54, 1.807) is 13.2 Å². The summed E-state index contributed by atoms with van der Waals surface area (Å²) in [6.07, 6.45) is 0. The third kappa shape index (κ3) is 2.83. The van der Waals surface area contributed by atoms with E-state index in [0.29, 0.717) is 11.1 Å². The molecular weight excluding hydrogens is 292 g/mol. The van der Waals surface area contributed by atoms with Gasteiger partial charge < -0.3 is 14.6 Å². The molecule has 0 bridgehead atoms. The van der Waals surface area contributed by atoms with Gasteiger partial charge in [0.15, 0.2) is 0 Å². The smallest absolute Gasteiger partial charge is 0.337 e. The topological polar surface area (TPSA) is 55.8 Å². The molecule has 0 atom stereocenters. The van der Waals surface area contributed by atoms with Crippen molar-refractivity contribution in [2.75, 3.05) is 14.2 Å². The van der Waals surface area contributed by atoms with Gasteiger partial charge in [-0.1, -0.05) is 18.2 Å². The summed E-state index contributed by atoms with van der Waals surface area (Å²) >= 11 is 0. The number of fused-ring (bicyclic) bond motifs is 1. The highest BCUT2D eigenvalue weighted by molar-refractivity contribution is 5.93. The van der Waals surface area contributed by atoms with Crippen molar-refractivity contribution in [3.8, 4) is 22.6 Å². The molecule has 0 aliphatic heterocycles. The fourth-order valence-corrected chi connectivity index (χ4v) is 2.53. The van der Waals surface area contributed by atoms with Crippen molar-refractivity contribution >= 4 is 16.7 Å². The Hall–Kier alpha value is -3.01. The van der Waals surface area contributed by atoms with Gasteiger partial charge in [0, 0.05) is 5.56 Å². The van der Waals surface area contributed by atoms with E-state index in [1.165, 1.54) is 19.2 Å². The molecule has 3 rings (SSSR count). The minimum absolute atomic E-state index is 0.116. The van der Waals surface area contributed by atoms with Crippen molar-refractivity contribution < 1.29 is 19.4 Å². The summed E-state index contributed by atoms with van der Waals surface area (Å²) in [4.78, 5) is 11.7. The first-order chi connectivity index (χ1) is 11.1. The molecule has 0 aliphatic rings. The summed E-state index contributed by atoms with van der Waals surface area (Å²) < 4.78 is 9.95. The van der Waals surface area contributed by atoms with E-state index < -0.39 is 5.97 Å². The zero-order valence-electron chi connectivity index (χ0n) is 12.9. The van der Waals surface area contributed by atoms with Gasteiger partial charge in [-0.05, 0) is 52.7 Å². The van der Waals surface area contributed by atoms with Gasteiger partial charge in [0.2, 0.25) is 0 Å². The first-order valence-corrected chi connectivity index (χ1v) is 7.12. The number of phenolic OH excluding ortho intramolecular Hbond substituents is 1. The van der Waals surface area contributed by atoms with Crippen LogP contribution in [0.2, 0.25) is 0 Å². The van der Waals surface area contributed by atoms with Gasteiger partial charge in [-0.15, -0.1) is 0 Å². The van der Waals surface area contributed by atoms with Crippen molar-refractivity contribution in [2.45, 2.75) is 0 Å². The van der Waals surface area contributed by atoms with Crippen LogP contribution in [-0.4, -0.2) is 25.3 Å². The number of phenols is 1. The van der Waals surface area contributed by atoms with E-state index in [2.05, 4.69) is 0 Å². The molecule has 0 aromatic heterocycles. The summed E-state index contributed by atoms with van der Waals surface area (Å²) in [7, 11) is 2.96. The molecule has 3 aromatic carbocycles. The summed E-state index contributed by atoms with van der Waals surface area (Å²) in [6.45, 7) is 0. The largest absolute Gasteiger partial charge is 0.507 e. The Labute approximate surface area is 133 Å². The minimum atomic E-state index is -0.434. The molecular formula is C19H16O4. The normalized spacial score (nSPS) is 10.5. The highest BCUT2D eigenvalue weighted by Crippen LogP contribution is 2.33. The molecule has 4 heteroatoms. The molecule has 1 N–H and O–H groups in total. The van der Waals surface area contributed by atoms with Crippen molar-refractivity contribution in [3.63, 3.8) is 0 Å². The maximum atomic E-state index is 11.7. The maximum absolute atomic E-state index is 11.7. The second-order valence-corrected chi connectivity index (χ2v) is 5.15. The number of methoxy groups -OCH3 is 2. The fraction of sp³-hybridized carbons (Fsp3) is 0.105. The maximum Gasteiger partial charge on any atom is 0.337 e. The molecule has 0 aliphatic carbocycles. The molecule has 23 heavy (non-hydrogen) atoms. The van der Waals surface area contributed by atoms with Gasteiger partial charge in [0.25, 0.3) is 0 Å². The van der Waals surface area contributed by atoms with Crippen LogP contribution in [0.5, 0.6) is 11.5 Å².